The van der Waals surface area contributed by atoms with Crippen LogP contribution >= 0.6 is 0 Å². The molecule has 1 aromatic heterocycles. The fraction of sp³-hybridized carbons (Fsp3) is 0.360. The molecule has 0 aliphatic carbocycles. The lowest BCUT2D eigenvalue weighted by Gasteiger charge is -2.44. The highest BCUT2D eigenvalue weighted by atomic mass is 15.4. The van der Waals surface area contributed by atoms with Crippen molar-refractivity contribution in [2.75, 3.05) is 24.5 Å². The van der Waals surface area contributed by atoms with E-state index in [1.807, 2.05) is 43.5 Å². The zero-order valence-corrected chi connectivity index (χ0v) is 19.1. The maximum Gasteiger partial charge on any atom is 0.212 e. The van der Waals surface area contributed by atoms with Gasteiger partial charge in [-0.3, -0.25) is 10.3 Å². The van der Waals surface area contributed by atoms with Gasteiger partial charge in [0, 0.05) is 21.1 Å². The number of aryl methyl sites for hydroxylation is 2. The molecule has 7 heteroatoms. The van der Waals surface area contributed by atoms with Gasteiger partial charge in [-0.2, -0.15) is 5.26 Å². The molecule has 1 saturated heterocycles. The molecule has 2 aromatic carbocycles. The van der Waals surface area contributed by atoms with Crippen molar-refractivity contribution in [3.05, 3.63) is 59.8 Å². The maximum atomic E-state index is 9.40. The topological polar surface area (TPSA) is 80.4 Å². The number of anilines is 1. The van der Waals surface area contributed by atoms with E-state index in [-0.39, 0.29) is 7.47 Å². The number of piperazine rings is 1. The summed E-state index contributed by atoms with van der Waals surface area (Å²) < 4.78 is 0. The molecule has 166 valence electrons. The molecule has 0 amide bonds. The lowest BCUT2D eigenvalue weighted by molar-refractivity contribution is 0.220. The fourth-order valence-corrected chi connectivity index (χ4v) is 4.13. The van der Waals surface area contributed by atoms with E-state index in [1.165, 1.54) is 5.56 Å². The number of nitrogens with zero attached hydrogens (tertiary/aromatic N) is 6. The average molecular weight is 430 g/mol. The quantitative estimate of drug-likeness (QED) is 0.288. The van der Waals surface area contributed by atoms with Gasteiger partial charge in [-0.05, 0) is 49.1 Å². The molecule has 32 heavy (non-hydrogen) atoms. The van der Waals surface area contributed by atoms with Crippen LogP contribution in [0.15, 0.2) is 53.7 Å². The number of hydrogen-bond donors (Lipinski definition) is 1. The van der Waals surface area contributed by atoms with Crippen LogP contribution in [0, 0.1) is 31.2 Å². The Morgan fingerprint density at radius 2 is 2.00 bits per heavy atom. The Kier molecular flexibility index (Phi) is 6.22. The van der Waals surface area contributed by atoms with Crippen LogP contribution in [0.5, 0.6) is 0 Å². The number of nitrogens with one attached hydrogen (secondary N) is 1. The summed E-state index contributed by atoms with van der Waals surface area (Å²) >= 11 is 0. The monoisotopic (exact) mass is 429 g/mol. The minimum atomic E-state index is 0. The van der Waals surface area contributed by atoms with Crippen molar-refractivity contribution in [3.8, 4) is 6.19 Å². The predicted octanol–water partition coefficient (Wildman–Crippen LogP) is 4.40. The summed E-state index contributed by atoms with van der Waals surface area (Å²) in [5.74, 6) is 1.84. The zero-order valence-electron chi connectivity index (χ0n) is 19.1. The second kappa shape index (κ2) is 9.23. The third-order valence-electron chi connectivity index (χ3n) is 5.98. The Bertz CT molecular complexity index is 1180. The number of guanidine groups is 1. The summed E-state index contributed by atoms with van der Waals surface area (Å²) in [4.78, 5) is 18.8. The van der Waals surface area contributed by atoms with Crippen LogP contribution in [-0.2, 0) is 0 Å². The normalized spacial score (nSPS) is 17.0. The Labute approximate surface area is 190 Å². The molecule has 0 saturated carbocycles. The van der Waals surface area contributed by atoms with Crippen LogP contribution in [0.2, 0.25) is 0 Å². The molecular weight excluding hydrogens is 398 g/mol. The molecule has 0 radical (unpaired) electrons. The van der Waals surface area contributed by atoms with Gasteiger partial charge in [-0.1, -0.05) is 38.1 Å². The van der Waals surface area contributed by atoms with Gasteiger partial charge in [0.25, 0.3) is 0 Å². The third-order valence-corrected chi connectivity index (χ3v) is 5.98. The second-order valence-electron chi connectivity index (χ2n) is 8.63. The van der Waals surface area contributed by atoms with Gasteiger partial charge in [-0.15, -0.1) is 0 Å². The van der Waals surface area contributed by atoms with Crippen molar-refractivity contribution in [2.24, 2.45) is 10.9 Å². The molecule has 1 unspecified atom stereocenters. The standard InChI is InChI=1S/C25H29N7.H2/c1-17(2)23-15-31(24-14-27-21-10-9-18(3)13-22(21)29-24)11-12-32(23)25(28-16-26)30-20-8-6-5-7-19(20)4;/h5-10,13-14,17,23H,11-12,15H2,1-4H3,(H,28,30);1H. The first-order valence-electron chi connectivity index (χ1n) is 11.0. The summed E-state index contributed by atoms with van der Waals surface area (Å²) in [7, 11) is 0. The average Bonchev–Trinajstić information content (AvgIpc) is 2.79. The summed E-state index contributed by atoms with van der Waals surface area (Å²) in [6, 6.07) is 14.3. The highest BCUT2D eigenvalue weighted by Gasteiger charge is 2.32. The molecule has 0 bridgehead atoms. The lowest BCUT2D eigenvalue weighted by Crippen LogP contribution is -2.59. The fourth-order valence-electron chi connectivity index (χ4n) is 4.13. The largest absolute Gasteiger partial charge is 0.351 e. The summed E-state index contributed by atoms with van der Waals surface area (Å²) in [6.07, 6.45) is 3.94. The van der Waals surface area contributed by atoms with Gasteiger partial charge in [0.1, 0.15) is 5.82 Å². The molecule has 4 rings (SSSR count). The molecule has 3 aromatic rings. The Hall–Kier alpha value is -3.66. The van der Waals surface area contributed by atoms with Gasteiger partial charge in [-0.25, -0.2) is 9.98 Å². The first-order valence-corrected chi connectivity index (χ1v) is 11.0. The van der Waals surface area contributed by atoms with Crippen LogP contribution < -0.4 is 10.2 Å². The van der Waals surface area contributed by atoms with Gasteiger partial charge >= 0.3 is 0 Å². The number of fused-ring (bicyclic) bond motifs is 1. The first kappa shape index (κ1) is 21.6. The number of rotatable bonds is 3. The van der Waals surface area contributed by atoms with E-state index in [4.69, 9.17) is 9.98 Å². The molecule has 2 heterocycles. The third kappa shape index (κ3) is 4.50. The van der Waals surface area contributed by atoms with E-state index < -0.39 is 0 Å². The van der Waals surface area contributed by atoms with Crippen LogP contribution in [0.1, 0.15) is 26.4 Å². The maximum absolute atomic E-state index is 9.40. The Balaban J connectivity index is 0.00000306. The zero-order chi connectivity index (χ0) is 22.7. The van der Waals surface area contributed by atoms with Crippen molar-refractivity contribution in [1.29, 1.82) is 5.26 Å². The minimum absolute atomic E-state index is 0. The summed E-state index contributed by atoms with van der Waals surface area (Å²) in [5.41, 5.74) is 4.94. The predicted molar refractivity (Wildman–Crippen MR) is 131 cm³/mol. The Morgan fingerprint density at radius 3 is 2.75 bits per heavy atom. The SMILES string of the molecule is Cc1ccc2ncc(N3CCN(C(=Nc4ccccc4C)NC#N)C(C(C)C)C3)nc2c1.[HH]. The van der Waals surface area contributed by atoms with Crippen molar-refractivity contribution >= 4 is 28.5 Å². The second-order valence-corrected chi connectivity index (χ2v) is 8.63. The number of hydrogen-bond acceptors (Lipinski definition) is 5. The molecule has 1 N–H and O–H groups in total. The highest BCUT2D eigenvalue weighted by Crippen LogP contribution is 2.25. The van der Waals surface area contributed by atoms with Crippen molar-refractivity contribution < 1.29 is 1.43 Å². The van der Waals surface area contributed by atoms with Crippen LogP contribution in [0.25, 0.3) is 11.0 Å². The molecule has 1 aliphatic heterocycles. The highest BCUT2D eigenvalue weighted by molar-refractivity contribution is 5.85. The smallest absolute Gasteiger partial charge is 0.212 e. The molecule has 1 fully saturated rings. The number of nitriles is 1. The summed E-state index contributed by atoms with van der Waals surface area (Å²) in [5, 5.41) is 12.2. The van der Waals surface area contributed by atoms with Crippen molar-refractivity contribution in [2.45, 2.75) is 33.7 Å². The van der Waals surface area contributed by atoms with Gasteiger partial charge < -0.3 is 9.80 Å². The van der Waals surface area contributed by atoms with E-state index in [1.54, 1.807) is 0 Å². The van der Waals surface area contributed by atoms with E-state index >= 15 is 0 Å². The molecule has 1 atom stereocenters. The lowest BCUT2D eigenvalue weighted by atomic mass is 9.99. The molecule has 7 nitrogen and oxygen atoms in total. The van der Waals surface area contributed by atoms with E-state index in [9.17, 15) is 5.26 Å². The molecular formula is C25H31N7. The van der Waals surface area contributed by atoms with Crippen LogP contribution in [-0.4, -0.2) is 46.5 Å². The van der Waals surface area contributed by atoms with Gasteiger partial charge in [0.2, 0.25) is 5.96 Å². The summed E-state index contributed by atoms with van der Waals surface area (Å²) in [6.45, 7) is 10.8. The molecule has 1 aliphatic rings. The van der Waals surface area contributed by atoms with Crippen LogP contribution in [0.3, 0.4) is 0 Å². The van der Waals surface area contributed by atoms with Gasteiger partial charge in [0.05, 0.1) is 29.0 Å². The van der Waals surface area contributed by atoms with E-state index in [0.29, 0.717) is 11.9 Å². The Morgan fingerprint density at radius 1 is 1.19 bits per heavy atom. The number of para-hydroxylation sites is 1. The van der Waals surface area contributed by atoms with E-state index in [2.05, 4.69) is 59.2 Å². The van der Waals surface area contributed by atoms with Crippen molar-refractivity contribution in [3.63, 3.8) is 0 Å². The number of benzene rings is 2. The number of aromatic nitrogens is 2. The van der Waals surface area contributed by atoms with E-state index in [0.717, 1.165) is 47.7 Å². The minimum Gasteiger partial charge on any atom is -0.351 e. The number of aliphatic imine (C=N–C) groups is 1. The van der Waals surface area contributed by atoms with Crippen LogP contribution in [0.4, 0.5) is 11.5 Å². The first-order chi connectivity index (χ1) is 15.5. The van der Waals surface area contributed by atoms with Gasteiger partial charge in [0.15, 0.2) is 6.19 Å². The molecule has 0 spiro atoms. The van der Waals surface area contributed by atoms with Crippen molar-refractivity contribution in [1.82, 2.24) is 20.2 Å².